The van der Waals surface area contributed by atoms with Crippen LogP contribution >= 0.6 is 0 Å². The van der Waals surface area contributed by atoms with E-state index in [0.29, 0.717) is 0 Å². The van der Waals surface area contributed by atoms with Crippen molar-refractivity contribution < 1.29 is 0 Å². The van der Waals surface area contributed by atoms with E-state index >= 15 is 0 Å². The number of fused-ring (bicyclic) bond motifs is 2. The Morgan fingerprint density at radius 2 is 1.32 bits per heavy atom. The van der Waals surface area contributed by atoms with Gasteiger partial charge < -0.3 is 0 Å². The van der Waals surface area contributed by atoms with Crippen LogP contribution in [0.5, 0.6) is 0 Å². The van der Waals surface area contributed by atoms with Crippen molar-refractivity contribution in [2.45, 2.75) is 13.8 Å². The lowest BCUT2D eigenvalue weighted by atomic mass is 10.2. The molecule has 0 fully saturated rings. The molecule has 4 nitrogen and oxygen atoms in total. The summed E-state index contributed by atoms with van der Waals surface area (Å²) in [6, 6.07) is 14.2. The summed E-state index contributed by atoms with van der Waals surface area (Å²) in [7, 11) is 0. The predicted octanol–water partition coefficient (Wildman–Crippen LogP) is 3.88. The van der Waals surface area contributed by atoms with Gasteiger partial charge in [0.2, 0.25) is 0 Å². The lowest BCUT2D eigenvalue weighted by molar-refractivity contribution is 1.07. The molecule has 4 heteroatoms. The Morgan fingerprint density at radius 3 is 2.14 bits per heavy atom. The van der Waals surface area contributed by atoms with Gasteiger partial charge in [-0.2, -0.15) is 10.2 Å². The first kappa shape index (κ1) is 14.1. The average molecular weight is 288 g/mol. The molecule has 2 aromatic heterocycles. The van der Waals surface area contributed by atoms with Crippen LogP contribution in [0, 0.1) is 13.8 Å². The highest BCUT2D eigenvalue weighted by atomic mass is 15.1. The molecule has 0 saturated heterocycles. The molecule has 2 heterocycles. The van der Waals surface area contributed by atoms with E-state index in [1.807, 2.05) is 44.2 Å². The molecule has 0 aliphatic carbocycles. The summed E-state index contributed by atoms with van der Waals surface area (Å²) in [5.74, 6) is 0. The third kappa shape index (κ3) is 3.23. The van der Waals surface area contributed by atoms with Crippen molar-refractivity contribution in [3.63, 3.8) is 0 Å². The summed E-state index contributed by atoms with van der Waals surface area (Å²) in [6.07, 6.45) is 5.12. The van der Waals surface area contributed by atoms with Crippen LogP contribution in [-0.2, 0) is 0 Å². The van der Waals surface area contributed by atoms with Crippen LogP contribution in [0.2, 0.25) is 0 Å². The largest absolute Gasteiger partial charge is 0.253 e. The maximum atomic E-state index is 4.18. The first-order chi connectivity index (χ1) is 10.7. The van der Waals surface area contributed by atoms with Gasteiger partial charge in [0, 0.05) is 17.8 Å². The standard InChI is InChI=1S/2C9H8N2/c1-7-2-3-8-9(6-7)11-5-4-10-8;1-7-2-3-8-4-5-10-11-9(8)6-7/h2*2-6H,1H3. The summed E-state index contributed by atoms with van der Waals surface area (Å²) >= 11 is 0. The number of aromatic nitrogens is 4. The fourth-order valence-electron chi connectivity index (χ4n) is 2.16. The quantitative estimate of drug-likeness (QED) is 0.493. The molecule has 0 radical (unpaired) electrons. The zero-order chi connectivity index (χ0) is 15.4. The molecule has 0 unspecified atom stereocenters. The molecule has 22 heavy (non-hydrogen) atoms. The van der Waals surface area contributed by atoms with Crippen LogP contribution in [0.15, 0.2) is 61.1 Å². The Hall–Kier alpha value is -2.88. The molecule has 0 amide bonds. The van der Waals surface area contributed by atoms with Gasteiger partial charge in [0.05, 0.1) is 22.7 Å². The SMILES string of the molecule is Cc1ccc2ccnnc2c1.Cc1ccc2nccnc2c1. The van der Waals surface area contributed by atoms with E-state index in [0.717, 1.165) is 21.9 Å². The zero-order valence-corrected chi connectivity index (χ0v) is 12.6. The normalized spacial score (nSPS) is 10.3. The highest BCUT2D eigenvalue weighted by Crippen LogP contribution is 2.11. The molecule has 4 aromatic rings. The Labute approximate surface area is 128 Å². The van der Waals surface area contributed by atoms with Gasteiger partial charge in [0.1, 0.15) is 0 Å². The van der Waals surface area contributed by atoms with Crippen molar-refractivity contribution in [3.05, 3.63) is 72.2 Å². The highest BCUT2D eigenvalue weighted by Gasteiger charge is 1.93. The van der Waals surface area contributed by atoms with Crippen molar-refractivity contribution in [1.82, 2.24) is 20.2 Å². The molecule has 2 aromatic carbocycles. The van der Waals surface area contributed by atoms with E-state index in [4.69, 9.17) is 0 Å². The molecule has 0 aliphatic rings. The summed E-state index contributed by atoms with van der Waals surface area (Å²) in [5.41, 5.74) is 5.33. The monoisotopic (exact) mass is 288 g/mol. The van der Waals surface area contributed by atoms with E-state index in [1.54, 1.807) is 18.6 Å². The second-order valence-corrected chi connectivity index (χ2v) is 5.14. The summed E-state index contributed by atoms with van der Waals surface area (Å²) < 4.78 is 0. The van der Waals surface area contributed by atoms with Crippen LogP contribution in [0.25, 0.3) is 21.9 Å². The van der Waals surface area contributed by atoms with E-state index < -0.39 is 0 Å². The van der Waals surface area contributed by atoms with E-state index in [-0.39, 0.29) is 0 Å². The third-order valence-corrected chi connectivity index (χ3v) is 3.30. The molecule has 108 valence electrons. The van der Waals surface area contributed by atoms with Gasteiger partial charge in [0.25, 0.3) is 0 Å². The Morgan fingerprint density at radius 1 is 0.636 bits per heavy atom. The topological polar surface area (TPSA) is 51.6 Å². The zero-order valence-electron chi connectivity index (χ0n) is 12.6. The Kier molecular flexibility index (Phi) is 4.01. The molecule has 0 aliphatic heterocycles. The molecule has 0 atom stereocenters. The van der Waals surface area contributed by atoms with Crippen molar-refractivity contribution in [3.8, 4) is 0 Å². The predicted molar refractivity (Wildman–Crippen MR) is 88.6 cm³/mol. The van der Waals surface area contributed by atoms with Crippen LogP contribution in [0.4, 0.5) is 0 Å². The number of hydrogen-bond donors (Lipinski definition) is 0. The van der Waals surface area contributed by atoms with Crippen LogP contribution in [0.3, 0.4) is 0 Å². The smallest absolute Gasteiger partial charge is 0.0932 e. The second-order valence-electron chi connectivity index (χ2n) is 5.14. The molecule has 4 rings (SSSR count). The fraction of sp³-hybridized carbons (Fsp3) is 0.111. The highest BCUT2D eigenvalue weighted by molar-refractivity contribution is 5.78. The first-order valence-corrected chi connectivity index (χ1v) is 7.08. The van der Waals surface area contributed by atoms with Crippen LogP contribution < -0.4 is 0 Å². The van der Waals surface area contributed by atoms with E-state index in [2.05, 4.69) is 32.3 Å². The maximum absolute atomic E-state index is 4.18. The summed E-state index contributed by atoms with van der Waals surface area (Å²) in [5, 5.41) is 8.94. The van der Waals surface area contributed by atoms with Crippen LogP contribution in [-0.4, -0.2) is 20.2 Å². The van der Waals surface area contributed by atoms with Gasteiger partial charge in [-0.3, -0.25) is 9.97 Å². The minimum Gasteiger partial charge on any atom is -0.253 e. The van der Waals surface area contributed by atoms with Crippen molar-refractivity contribution in [2.24, 2.45) is 0 Å². The fourth-order valence-corrected chi connectivity index (χ4v) is 2.16. The second kappa shape index (κ2) is 6.26. The minimum atomic E-state index is 0.957. The lowest BCUT2D eigenvalue weighted by Gasteiger charge is -1.95. The average Bonchev–Trinajstić information content (AvgIpc) is 2.55. The van der Waals surface area contributed by atoms with E-state index in [9.17, 15) is 0 Å². The molecular formula is C18H16N4. The first-order valence-electron chi connectivity index (χ1n) is 7.08. The van der Waals surface area contributed by atoms with Gasteiger partial charge in [-0.1, -0.05) is 18.2 Å². The van der Waals surface area contributed by atoms with Crippen LogP contribution in [0.1, 0.15) is 11.1 Å². The maximum Gasteiger partial charge on any atom is 0.0932 e. The molecule has 0 N–H and O–H groups in total. The van der Waals surface area contributed by atoms with Gasteiger partial charge in [0.15, 0.2) is 0 Å². The van der Waals surface area contributed by atoms with Gasteiger partial charge in [-0.25, -0.2) is 0 Å². The number of rotatable bonds is 0. The molecule has 0 spiro atoms. The van der Waals surface area contributed by atoms with E-state index in [1.165, 1.54) is 11.1 Å². The minimum absolute atomic E-state index is 0.957. The van der Waals surface area contributed by atoms with Gasteiger partial charge >= 0.3 is 0 Å². The number of hydrogen-bond acceptors (Lipinski definition) is 4. The summed E-state index contributed by atoms with van der Waals surface area (Å²) in [4.78, 5) is 8.34. The summed E-state index contributed by atoms with van der Waals surface area (Å²) in [6.45, 7) is 4.10. The lowest BCUT2D eigenvalue weighted by Crippen LogP contribution is -1.82. The van der Waals surface area contributed by atoms with Crippen molar-refractivity contribution in [1.29, 1.82) is 0 Å². The number of nitrogens with zero attached hydrogens (tertiary/aromatic N) is 4. The Bertz CT molecular complexity index is 841. The van der Waals surface area contributed by atoms with Crippen molar-refractivity contribution in [2.75, 3.05) is 0 Å². The van der Waals surface area contributed by atoms with Crippen molar-refractivity contribution >= 4 is 21.9 Å². The number of aryl methyl sites for hydroxylation is 2. The molecule has 0 saturated carbocycles. The third-order valence-electron chi connectivity index (χ3n) is 3.30. The Balaban J connectivity index is 0.000000131. The van der Waals surface area contributed by atoms with Gasteiger partial charge in [-0.15, -0.1) is 0 Å². The molecule has 0 bridgehead atoms. The number of benzene rings is 2. The molecular weight excluding hydrogens is 272 g/mol. The van der Waals surface area contributed by atoms with Gasteiger partial charge in [-0.05, 0) is 49.2 Å².